The summed E-state index contributed by atoms with van der Waals surface area (Å²) in [6.45, 7) is 1.37. The summed E-state index contributed by atoms with van der Waals surface area (Å²) >= 11 is 3.45. The molecule has 4 heteroatoms. The highest BCUT2D eigenvalue weighted by Gasteiger charge is 2.34. The summed E-state index contributed by atoms with van der Waals surface area (Å²) < 4.78 is 1.08. The van der Waals surface area contributed by atoms with Gasteiger partial charge in [-0.3, -0.25) is 0 Å². The molecule has 16 heavy (non-hydrogen) atoms. The molecule has 2 heterocycles. The fourth-order valence-electron chi connectivity index (χ4n) is 2.15. The third-order valence-electron chi connectivity index (χ3n) is 3.07. The van der Waals surface area contributed by atoms with Crippen LogP contribution in [0.3, 0.4) is 0 Å². The maximum absolute atomic E-state index is 10.1. The van der Waals surface area contributed by atoms with Crippen molar-refractivity contribution >= 4 is 26.8 Å². The lowest BCUT2D eigenvalue weighted by atomic mass is 9.91. The number of hydrogen-bond acceptors (Lipinski definition) is 2. The maximum Gasteiger partial charge on any atom is 0.0949 e. The van der Waals surface area contributed by atoms with E-state index in [1.54, 1.807) is 0 Å². The molecule has 1 aliphatic heterocycles. The molecule has 0 radical (unpaired) electrons. The van der Waals surface area contributed by atoms with Crippen molar-refractivity contribution in [1.29, 1.82) is 0 Å². The van der Waals surface area contributed by atoms with Crippen LogP contribution in [0.5, 0.6) is 0 Å². The molecule has 1 aromatic carbocycles. The van der Waals surface area contributed by atoms with E-state index in [9.17, 15) is 5.11 Å². The Bertz CT molecular complexity index is 531. The van der Waals surface area contributed by atoms with E-state index in [0.29, 0.717) is 19.5 Å². The highest BCUT2D eigenvalue weighted by Crippen LogP contribution is 2.23. The van der Waals surface area contributed by atoms with Crippen molar-refractivity contribution in [2.45, 2.75) is 12.0 Å². The Kier molecular flexibility index (Phi) is 2.31. The number of benzene rings is 1. The van der Waals surface area contributed by atoms with E-state index >= 15 is 0 Å². The van der Waals surface area contributed by atoms with E-state index in [2.05, 4.69) is 38.4 Å². The van der Waals surface area contributed by atoms with Crippen molar-refractivity contribution in [1.82, 2.24) is 10.3 Å². The molecular weight excluding hydrogens is 268 g/mol. The van der Waals surface area contributed by atoms with Gasteiger partial charge in [0.2, 0.25) is 0 Å². The van der Waals surface area contributed by atoms with Crippen molar-refractivity contribution in [2.75, 3.05) is 13.1 Å². The standard InChI is InChI=1S/C12H13BrN2O/c13-9-1-2-11-8(3-9)4-10(15-11)5-12(16)6-14-7-12/h1-4,14-16H,5-7H2. The Morgan fingerprint density at radius 3 is 2.81 bits per heavy atom. The van der Waals surface area contributed by atoms with Crippen LogP contribution < -0.4 is 5.32 Å². The van der Waals surface area contributed by atoms with Crippen LogP contribution in [-0.2, 0) is 6.42 Å². The predicted octanol–water partition coefficient (Wildman–Crippen LogP) is 1.81. The minimum absolute atomic E-state index is 0.557. The Morgan fingerprint density at radius 1 is 1.31 bits per heavy atom. The number of aliphatic hydroxyl groups is 1. The average Bonchev–Trinajstić information content (AvgIpc) is 2.56. The number of nitrogens with one attached hydrogen (secondary N) is 2. The SMILES string of the molecule is OC1(Cc2cc3cc(Br)ccc3[nH]2)CNC1. The van der Waals surface area contributed by atoms with Crippen LogP contribution in [0.2, 0.25) is 0 Å². The summed E-state index contributed by atoms with van der Waals surface area (Å²) in [5.74, 6) is 0. The predicted molar refractivity (Wildman–Crippen MR) is 67.5 cm³/mol. The largest absolute Gasteiger partial charge is 0.387 e. The molecule has 0 aliphatic carbocycles. The van der Waals surface area contributed by atoms with Gasteiger partial charge in [0.25, 0.3) is 0 Å². The van der Waals surface area contributed by atoms with Crippen LogP contribution in [0.1, 0.15) is 5.69 Å². The molecule has 3 N–H and O–H groups in total. The van der Waals surface area contributed by atoms with Gasteiger partial charge < -0.3 is 15.4 Å². The number of aromatic amines is 1. The molecular formula is C12H13BrN2O. The van der Waals surface area contributed by atoms with Crippen LogP contribution in [0.15, 0.2) is 28.7 Å². The molecule has 0 spiro atoms. The second kappa shape index (κ2) is 3.58. The molecule has 0 unspecified atom stereocenters. The number of aromatic nitrogens is 1. The molecule has 1 aromatic heterocycles. The number of β-amino-alcohol motifs (C(OH)–C–C–N with tert-alkyl or cyclic N) is 1. The lowest BCUT2D eigenvalue weighted by molar-refractivity contribution is -0.00967. The van der Waals surface area contributed by atoms with E-state index in [0.717, 1.165) is 15.7 Å². The number of hydrogen-bond donors (Lipinski definition) is 3. The summed E-state index contributed by atoms with van der Waals surface area (Å²) in [7, 11) is 0. The molecule has 0 saturated carbocycles. The molecule has 1 saturated heterocycles. The lowest BCUT2D eigenvalue weighted by Gasteiger charge is -2.37. The van der Waals surface area contributed by atoms with Gasteiger partial charge in [-0.2, -0.15) is 0 Å². The van der Waals surface area contributed by atoms with Crippen molar-refractivity contribution in [3.05, 3.63) is 34.4 Å². The molecule has 0 amide bonds. The van der Waals surface area contributed by atoms with E-state index in [1.807, 2.05) is 12.1 Å². The first-order valence-electron chi connectivity index (χ1n) is 5.35. The van der Waals surface area contributed by atoms with Gasteiger partial charge in [0.15, 0.2) is 0 Å². The van der Waals surface area contributed by atoms with Gasteiger partial charge in [-0.25, -0.2) is 0 Å². The monoisotopic (exact) mass is 280 g/mol. The van der Waals surface area contributed by atoms with Crippen LogP contribution in [0.25, 0.3) is 10.9 Å². The number of rotatable bonds is 2. The van der Waals surface area contributed by atoms with Crippen LogP contribution in [0, 0.1) is 0 Å². The minimum Gasteiger partial charge on any atom is -0.387 e. The summed E-state index contributed by atoms with van der Waals surface area (Å²) in [5, 5.41) is 14.3. The van der Waals surface area contributed by atoms with Crippen LogP contribution in [-0.4, -0.2) is 28.8 Å². The van der Waals surface area contributed by atoms with Crippen molar-refractivity contribution in [2.24, 2.45) is 0 Å². The molecule has 3 rings (SSSR count). The third-order valence-corrected chi connectivity index (χ3v) is 3.56. The quantitative estimate of drug-likeness (QED) is 0.786. The lowest BCUT2D eigenvalue weighted by Crippen LogP contribution is -2.60. The van der Waals surface area contributed by atoms with Crippen LogP contribution in [0.4, 0.5) is 0 Å². The Morgan fingerprint density at radius 2 is 2.12 bits per heavy atom. The topological polar surface area (TPSA) is 48.0 Å². The third kappa shape index (κ3) is 1.77. The van der Waals surface area contributed by atoms with Gasteiger partial charge >= 0.3 is 0 Å². The maximum atomic E-state index is 10.1. The van der Waals surface area contributed by atoms with Crippen molar-refractivity contribution in [3.8, 4) is 0 Å². The fraction of sp³-hybridized carbons (Fsp3) is 0.333. The van der Waals surface area contributed by atoms with Gasteiger partial charge in [0.05, 0.1) is 5.60 Å². The molecule has 2 aromatic rings. The highest BCUT2D eigenvalue weighted by molar-refractivity contribution is 9.10. The summed E-state index contributed by atoms with van der Waals surface area (Å²) in [5.41, 5.74) is 1.66. The van der Waals surface area contributed by atoms with Crippen molar-refractivity contribution < 1.29 is 5.11 Å². The first-order valence-corrected chi connectivity index (χ1v) is 6.14. The summed E-state index contributed by atoms with van der Waals surface area (Å²) in [6, 6.07) is 8.25. The summed E-state index contributed by atoms with van der Waals surface area (Å²) in [4.78, 5) is 3.34. The van der Waals surface area contributed by atoms with Crippen LogP contribution >= 0.6 is 15.9 Å². The Balaban J connectivity index is 1.93. The second-order valence-corrected chi connectivity index (χ2v) is 5.45. The number of fused-ring (bicyclic) bond motifs is 1. The zero-order chi connectivity index (χ0) is 11.2. The zero-order valence-electron chi connectivity index (χ0n) is 8.76. The van der Waals surface area contributed by atoms with E-state index < -0.39 is 5.60 Å². The van der Waals surface area contributed by atoms with Gasteiger partial charge in [-0.15, -0.1) is 0 Å². The summed E-state index contributed by atoms with van der Waals surface area (Å²) in [6.07, 6.45) is 0.687. The normalized spacial score (nSPS) is 18.6. The molecule has 0 bridgehead atoms. The molecule has 0 atom stereocenters. The average molecular weight is 281 g/mol. The first kappa shape index (κ1) is 10.3. The van der Waals surface area contributed by atoms with Gasteiger partial charge in [-0.1, -0.05) is 15.9 Å². The number of H-pyrrole nitrogens is 1. The molecule has 1 fully saturated rings. The zero-order valence-corrected chi connectivity index (χ0v) is 10.3. The van der Waals surface area contributed by atoms with Gasteiger partial charge in [0.1, 0.15) is 0 Å². The van der Waals surface area contributed by atoms with E-state index in [4.69, 9.17) is 0 Å². The van der Waals surface area contributed by atoms with E-state index in [1.165, 1.54) is 5.39 Å². The van der Waals surface area contributed by atoms with Crippen molar-refractivity contribution in [3.63, 3.8) is 0 Å². The Hall–Kier alpha value is -0.840. The fourth-order valence-corrected chi connectivity index (χ4v) is 2.53. The molecule has 84 valence electrons. The Labute approximate surface area is 102 Å². The molecule has 3 nitrogen and oxygen atoms in total. The second-order valence-electron chi connectivity index (χ2n) is 4.53. The smallest absolute Gasteiger partial charge is 0.0949 e. The number of halogens is 1. The molecule has 1 aliphatic rings. The van der Waals surface area contributed by atoms with E-state index in [-0.39, 0.29) is 0 Å². The first-order chi connectivity index (χ1) is 7.65. The van der Waals surface area contributed by atoms with Gasteiger partial charge in [0, 0.05) is 40.6 Å². The van der Waals surface area contributed by atoms with Gasteiger partial charge in [-0.05, 0) is 24.3 Å². The highest BCUT2D eigenvalue weighted by atomic mass is 79.9. The minimum atomic E-state index is -0.557.